The number of hydrogen-bond acceptors (Lipinski definition) is 7. The Bertz CT molecular complexity index is 869. The van der Waals surface area contributed by atoms with Gasteiger partial charge in [-0.2, -0.15) is 0 Å². The molecule has 1 aliphatic heterocycles. The van der Waals surface area contributed by atoms with Crippen LogP contribution in [0.2, 0.25) is 0 Å². The lowest BCUT2D eigenvalue weighted by molar-refractivity contribution is 0.102. The quantitative estimate of drug-likeness (QED) is 0.820. The van der Waals surface area contributed by atoms with E-state index in [1.165, 1.54) is 6.20 Å². The van der Waals surface area contributed by atoms with Gasteiger partial charge in [-0.25, -0.2) is 4.98 Å². The second kappa shape index (κ2) is 7.96. The Kier molecular flexibility index (Phi) is 5.65. The minimum Gasteiger partial charge on any atom is -0.494 e. The summed E-state index contributed by atoms with van der Waals surface area (Å²) in [6, 6.07) is 5.56. The van der Waals surface area contributed by atoms with Crippen molar-refractivity contribution in [3.63, 3.8) is 0 Å². The number of aromatic nitrogens is 2. The molecule has 0 aliphatic carbocycles. The van der Waals surface area contributed by atoms with E-state index in [9.17, 15) is 4.79 Å². The number of aliphatic imine (C=N–C) groups is 1. The number of carbonyl (C=O) groups is 1. The van der Waals surface area contributed by atoms with Crippen LogP contribution in [0.4, 0.5) is 5.69 Å². The summed E-state index contributed by atoms with van der Waals surface area (Å²) in [7, 11) is 0. The first-order valence-corrected chi connectivity index (χ1v) is 9.75. The number of aryl methyl sites for hydroxylation is 1. The van der Waals surface area contributed by atoms with E-state index in [2.05, 4.69) is 20.3 Å². The van der Waals surface area contributed by atoms with Crippen molar-refractivity contribution in [1.82, 2.24) is 9.97 Å². The number of rotatable bonds is 5. The van der Waals surface area contributed by atoms with E-state index in [0.717, 1.165) is 29.2 Å². The number of nitrogens with zero attached hydrogens (tertiary/aromatic N) is 3. The first kappa shape index (κ1) is 19.2. The van der Waals surface area contributed by atoms with Crippen LogP contribution in [0.25, 0.3) is 0 Å². The zero-order valence-corrected chi connectivity index (χ0v) is 16.5. The molecule has 0 bridgehead atoms. The standard InChI is InChI=1S/C19H23N5O2S/c1-4-26-16-6-5-13(23-17(25)15-11-21-12(2)10-22-15)9-14(16)19(3)7-8-27-18(20)24-19/h5-6,9-11H,4,7-8H2,1-3H3,(H2,20,24)(H,23,25)/t19-/m0/s1. The molecule has 8 heteroatoms. The highest BCUT2D eigenvalue weighted by Gasteiger charge is 2.32. The Balaban J connectivity index is 1.92. The molecule has 0 saturated carbocycles. The Morgan fingerprint density at radius 1 is 1.37 bits per heavy atom. The van der Waals surface area contributed by atoms with Crippen molar-refractivity contribution < 1.29 is 9.53 Å². The van der Waals surface area contributed by atoms with Gasteiger partial charge in [0.25, 0.3) is 5.91 Å². The number of benzene rings is 1. The summed E-state index contributed by atoms with van der Waals surface area (Å²) in [6.07, 6.45) is 3.86. The normalized spacial score (nSPS) is 19.3. The highest BCUT2D eigenvalue weighted by Crippen LogP contribution is 2.41. The zero-order chi connectivity index (χ0) is 19.4. The molecule has 27 heavy (non-hydrogen) atoms. The Hall–Kier alpha value is -2.61. The van der Waals surface area contributed by atoms with Crippen LogP contribution in [0.1, 0.15) is 42.0 Å². The van der Waals surface area contributed by atoms with Crippen LogP contribution in [-0.2, 0) is 5.54 Å². The van der Waals surface area contributed by atoms with E-state index in [1.807, 2.05) is 39.0 Å². The molecule has 0 fully saturated rings. The van der Waals surface area contributed by atoms with Gasteiger partial charge in [0.2, 0.25) is 0 Å². The average molecular weight is 385 g/mol. The molecule has 0 unspecified atom stereocenters. The van der Waals surface area contributed by atoms with Crippen LogP contribution >= 0.6 is 11.8 Å². The summed E-state index contributed by atoms with van der Waals surface area (Å²) in [5.41, 5.74) is 8.04. The second-order valence-corrected chi connectivity index (χ2v) is 7.58. The lowest BCUT2D eigenvalue weighted by Gasteiger charge is -2.31. The number of amides is 1. The molecule has 0 saturated heterocycles. The average Bonchev–Trinajstić information content (AvgIpc) is 2.63. The Morgan fingerprint density at radius 2 is 2.19 bits per heavy atom. The summed E-state index contributed by atoms with van der Waals surface area (Å²) < 4.78 is 5.80. The highest BCUT2D eigenvalue weighted by molar-refractivity contribution is 8.13. The van der Waals surface area contributed by atoms with Gasteiger partial charge in [-0.3, -0.25) is 14.8 Å². The fourth-order valence-corrected chi connectivity index (χ4v) is 3.87. The van der Waals surface area contributed by atoms with Gasteiger partial charge in [0.15, 0.2) is 5.17 Å². The van der Waals surface area contributed by atoms with Gasteiger partial charge in [0, 0.05) is 23.2 Å². The van der Waals surface area contributed by atoms with Gasteiger partial charge in [-0.1, -0.05) is 11.8 Å². The van der Waals surface area contributed by atoms with Gasteiger partial charge in [0.05, 0.1) is 24.0 Å². The first-order chi connectivity index (χ1) is 12.9. The largest absolute Gasteiger partial charge is 0.494 e. The third-order valence-electron chi connectivity index (χ3n) is 4.33. The monoisotopic (exact) mass is 385 g/mol. The van der Waals surface area contributed by atoms with E-state index in [4.69, 9.17) is 10.5 Å². The molecule has 7 nitrogen and oxygen atoms in total. The summed E-state index contributed by atoms with van der Waals surface area (Å²) >= 11 is 1.55. The molecule has 0 spiro atoms. The molecule has 2 aromatic rings. The zero-order valence-electron chi connectivity index (χ0n) is 15.7. The number of ether oxygens (including phenoxy) is 1. The summed E-state index contributed by atoms with van der Waals surface area (Å²) in [6.45, 7) is 6.34. The summed E-state index contributed by atoms with van der Waals surface area (Å²) in [4.78, 5) is 25.3. The van der Waals surface area contributed by atoms with Crippen LogP contribution < -0.4 is 15.8 Å². The van der Waals surface area contributed by atoms with Crippen LogP contribution in [0.5, 0.6) is 5.75 Å². The molecule has 3 rings (SSSR count). The van der Waals surface area contributed by atoms with Crippen molar-refractivity contribution in [2.45, 2.75) is 32.7 Å². The van der Waals surface area contributed by atoms with Gasteiger partial charge < -0.3 is 15.8 Å². The van der Waals surface area contributed by atoms with Gasteiger partial charge >= 0.3 is 0 Å². The number of thioether (sulfide) groups is 1. The van der Waals surface area contributed by atoms with Crippen LogP contribution in [0.3, 0.4) is 0 Å². The van der Waals surface area contributed by atoms with E-state index in [-0.39, 0.29) is 11.6 Å². The number of nitrogens with two attached hydrogens (primary N) is 1. The third kappa shape index (κ3) is 4.39. The maximum atomic E-state index is 12.5. The molecule has 0 radical (unpaired) electrons. The number of nitrogens with one attached hydrogen (secondary N) is 1. The third-order valence-corrected chi connectivity index (χ3v) is 5.12. The van der Waals surface area contributed by atoms with Crippen LogP contribution in [-0.4, -0.2) is 33.4 Å². The van der Waals surface area contributed by atoms with E-state index < -0.39 is 5.54 Å². The lowest BCUT2D eigenvalue weighted by Crippen LogP contribution is -2.29. The maximum absolute atomic E-state index is 12.5. The van der Waals surface area contributed by atoms with Crippen molar-refractivity contribution in [2.24, 2.45) is 10.7 Å². The van der Waals surface area contributed by atoms with Crippen molar-refractivity contribution in [1.29, 1.82) is 0 Å². The minimum atomic E-state index is -0.496. The molecule has 2 heterocycles. The minimum absolute atomic E-state index is 0.263. The molecular weight excluding hydrogens is 362 g/mol. The molecule has 1 aromatic carbocycles. The number of carbonyl (C=O) groups excluding carboxylic acids is 1. The molecular formula is C19H23N5O2S. The SMILES string of the molecule is CCOc1ccc(NC(=O)c2cnc(C)cn2)cc1[C@]1(C)CCSC(N)=N1. The van der Waals surface area contributed by atoms with Gasteiger partial charge in [-0.05, 0) is 45.4 Å². The molecule has 1 amide bonds. The Morgan fingerprint density at radius 3 is 2.85 bits per heavy atom. The molecule has 1 aromatic heterocycles. The topological polar surface area (TPSA) is 102 Å². The second-order valence-electron chi connectivity index (χ2n) is 6.46. The predicted octanol–water partition coefficient (Wildman–Crippen LogP) is 3.10. The van der Waals surface area contributed by atoms with E-state index in [1.54, 1.807) is 18.0 Å². The molecule has 142 valence electrons. The van der Waals surface area contributed by atoms with Crippen molar-refractivity contribution in [3.05, 3.63) is 47.5 Å². The van der Waals surface area contributed by atoms with Crippen LogP contribution in [0, 0.1) is 6.92 Å². The highest BCUT2D eigenvalue weighted by atomic mass is 32.2. The van der Waals surface area contributed by atoms with Crippen molar-refractivity contribution in [2.75, 3.05) is 17.7 Å². The van der Waals surface area contributed by atoms with E-state index in [0.29, 0.717) is 17.5 Å². The number of hydrogen-bond donors (Lipinski definition) is 2. The molecule has 3 N–H and O–H groups in total. The molecule has 1 atom stereocenters. The predicted molar refractivity (Wildman–Crippen MR) is 108 cm³/mol. The van der Waals surface area contributed by atoms with Crippen molar-refractivity contribution >= 4 is 28.5 Å². The summed E-state index contributed by atoms with van der Waals surface area (Å²) in [5.74, 6) is 1.31. The molecule has 1 aliphatic rings. The number of anilines is 1. The first-order valence-electron chi connectivity index (χ1n) is 8.77. The van der Waals surface area contributed by atoms with E-state index >= 15 is 0 Å². The Labute approximate surface area is 162 Å². The van der Waals surface area contributed by atoms with Crippen molar-refractivity contribution in [3.8, 4) is 5.75 Å². The van der Waals surface area contributed by atoms with Gasteiger partial charge in [-0.15, -0.1) is 0 Å². The summed E-state index contributed by atoms with van der Waals surface area (Å²) in [5, 5.41) is 3.44. The van der Waals surface area contributed by atoms with Gasteiger partial charge in [0.1, 0.15) is 11.4 Å². The number of amidine groups is 1. The smallest absolute Gasteiger partial charge is 0.275 e. The lowest BCUT2D eigenvalue weighted by atomic mass is 9.88. The fourth-order valence-electron chi connectivity index (χ4n) is 2.90. The van der Waals surface area contributed by atoms with Crippen LogP contribution in [0.15, 0.2) is 35.6 Å². The maximum Gasteiger partial charge on any atom is 0.275 e. The fraction of sp³-hybridized carbons (Fsp3) is 0.368.